The predicted molar refractivity (Wildman–Crippen MR) is 136 cm³/mol. The number of aromatic nitrogens is 3. The molecule has 2 fully saturated rings. The molecule has 180 valence electrons. The van der Waals surface area contributed by atoms with Gasteiger partial charge in [0, 0.05) is 30.9 Å². The van der Waals surface area contributed by atoms with Gasteiger partial charge in [-0.05, 0) is 63.4 Å². The van der Waals surface area contributed by atoms with E-state index in [0.29, 0.717) is 12.0 Å². The van der Waals surface area contributed by atoms with Crippen LogP contribution in [-0.4, -0.2) is 58.3 Å². The van der Waals surface area contributed by atoms with Gasteiger partial charge in [0.1, 0.15) is 11.6 Å². The third-order valence-electron chi connectivity index (χ3n) is 6.87. The van der Waals surface area contributed by atoms with E-state index in [4.69, 9.17) is 14.6 Å². The van der Waals surface area contributed by atoms with Crippen LogP contribution in [0.15, 0.2) is 53.7 Å². The van der Waals surface area contributed by atoms with Crippen molar-refractivity contribution in [2.45, 2.75) is 56.3 Å². The molecule has 0 spiro atoms. The lowest BCUT2D eigenvalue weighted by Crippen LogP contribution is -2.33. The van der Waals surface area contributed by atoms with Crippen LogP contribution in [0.2, 0.25) is 0 Å². The largest absolute Gasteiger partial charge is 0.497 e. The Labute approximate surface area is 206 Å². The molecule has 2 aliphatic rings. The molecule has 0 saturated carbocycles. The normalized spacial score (nSPS) is 19.5. The number of benzene rings is 2. The summed E-state index contributed by atoms with van der Waals surface area (Å²) in [5, 5.41) is 10.3. The van der Waals surface area contributed by atoms with Gasteiger partial charge in [-0.1, -0.05) is 47.7 Å². The van der Waals surface area contributed by atoms with Crippen molar-refractivity contribution in [3.05, 3.63) is 65.5 Å². The van der Waals surface area contributed by atoms with Gasteiger partial charge in [-0.3, -0.25) is 9.47 Å². The lowest BCUT2D eigenvalue weighted by atomic mass is 9.95. The van der Waals surface area contributed by atoms with E-state index < -0.39 is 0 Å². The standard InChI is InChI=1S/C27H34N4O2S/c1-20-8-10-21(11-9-20)18-30-14-12-22(13-15-30)26-28-29-27(34-19-25-7-4-16-33-25)31(26)23-5-3-6-24(17-23)32-2/h3,5-6,8-11,17,22,25H,4,7,12-16,18-19H2,1-2H3/t25-/m0/s1. The summed E-state index contributed by atoms with van der Waals surface area (Å²) in [6, 6.07) is 17.1. The van der Waals surface area contributed by atoms with Gasteiger partial charge >= 0.3 is 0 Å². The molecular formula is C27H34N4O2S. The SMILES string of the molecule is COc1cccc(-n2c(SC[C@@H]3CCCO3)nnc2C2CCN(Cc3ccc(C)cc3)CC2)c1. The van der Waals surface area contributed by atoms with Crippen molar-refractivity contribution in [3.8, 4) is 11.4 Å². The Kier molecular flexibility index (Phi) is 7.52. The Morgan fingerprint density at radius 3 is 2.62 bits per heavy atom. The first-order valence-corrected chi connectivity index (χ1v) is 13.3. The lowest BCUT2D eigenvalue weighted by Gasteiger charge is -2.31. The van der Waals surface area contributed by atoms with Gasteiger partial charge in [-0.15, -0.1) is 10.2 Å². The average Bonchev–Trinajstić information content (AvgIpc) is 3.55. The minimum atomic E-state index is 0.314. The molecule has 2 saturated heterocycles. The van der Waals surface area contributed by atoms with Crippen LogP contribution in [0.3, 0.4) is 0 Å². The van der Waals surface area contributed by atoms with Crippen molar-refractivity contribution in [2.24, 2.45) is 0 Å². The van der Waals surface area contributed by atoms with Crippen LogP contribution in [0.5, 0.6) is 5.75 Å². The van der Waals surface area contributed by atoms with E-state index in [1.54, 1.807) is 18.9 Å². The molecular weight excluding hydrogens is 444 g/mol. The molecule has 7 heteroatoms. The van der Waals surface area contributed by atoms with Crippen LogP contribution in [0.1, 0.15) is 48.6 Å². The van der Waals surface area contributed by atoms with E-state index in [1.807, 2.05) is 12.1 Å². The molecule has 0 N–H and O–H groups in total. The van der Waals surface area contributed by atoms with Crippen molar-refractivity contribution >= 4 is 11.8 Å². The van der Waals surface area contributed by atoms with Crippen LogP contribution in [-0.2, 0) is 11.3 Å². The number of rotatable bonds is 8. The van der Waals surface area contributed by atoms with Gasteiger partial charge in [0.15, 0.2) is 5.16 Å². The summed E-state index contributed by atoms with van der Waals surface area (Å²) in [6.07, 6.45) is 4.77. The number of likely N-dealkylation sites (tertiary alicyclic amines) is 1. The van der Waals surface area contributed by atoms with E-state index in [1.165, 1.54) is 11.1 Å². The third kappa shape index (κ3) is 5.48. The Morgan fingerprint density at radius 2 is 1.88 bits per heavy atom. The molecule has 0 aliphatic carbocycles. The molecule has 34 heavy (non-hydrogen) atoms. The fourth-order valence-corrected chi connectivity index (χ4v) is 5.90. The fourth-order valence-electron chi connectivity index (χ4n) is 4.88. The van der Waals surface area contributed by atoms with E-state index in [2.05, 4.69) is 57.9 Å². The number of hydrogen-bond acceptors (Lipinski definition) is 6. The molecule has 1 aromatic heterocycles. The maximum atomic E-state index is 5.84. The molecule has 6 nitrogen and oxygen atoms in total. The zero-order valence-electron chi connectivity index (χ0n) is 20.2. The highest BCUT2D eigenvalue weighted by molar-refractivity contribution is 7.99. The van der Waals surface area contributed by atoms with E-state index >= 15 is 0 Å². The molecule has 1 atom stereocenters. The smallest absolute Gasteiger partial charge is 0.195 e. The molecule has 3 heterocycles. The molecule has 0 unspecified atom stereocenters. The summed E-state index contributed by atoms with van der Waals surface area (Å²) in [6.45, 7) is 6.17. The first-order chi connectivity index (χ1) is 16.7. The summed E-state index contributed by atoms with van der Waals surface area (Å²) in [5.41, 5.74) is 3.76. The highest BCUT2D eigenvalue weighted by Crippen LogP contribution is 2.34. The highest BCUT2D eigenvalue weighted by Gasteiger charge is 2.28. The van der Waals surface area contributed by atoms with Crippen LogP contribution in [0, 0.1) is 6.92 Å². The quantitative estimate of drug-likeness (QED) is 0.413. The first-order valence-electron chi connectivity index (χ1n) is 12.3. The third-order valence-corrected chi connectivity index (χ3v) is 7.93. The van der Waals surface area contributed by atoms with Gasteiger partial charge in [0.25, 0.3) is 0 Å². The van der Waals surface area contributed by atoms with Gasteiger partial charge in [0.05, 0.1) is 18.9 Å². The topological polar surface area (TPSA) is 52.4 Å². The van der Waals surface area contributed by atoms with Gasteiger partial charge in [0.2, 0.25) is 0 Å². The Hall–Kier alpha value is -2.35. The number of nitrogens with zero attached hydrogens (tertiary/aromatic N) is 4. The number of aryl methyl sites for hydroxylation is 1. The van der Waals surface area contributed by atoms with Crippen LogP contribution in [0.4, 0.5) is 0 Å². The zero-order valence-corrected chi connectivity index (χ0v) is 21.0. The first kappa shape index (κ1) is 23.4. The van der Waals surface area contributed by atoms with E-state index in [9.17, 15) is 0 Å². The minimum absolute atomic E-state index is 0.314. The summed E-state index contributed by atoms with van der Waals surface area (Å²) in [5.74, 6) is 3.22. The second-order valence-electron chi connectivity index (χ2n) is 9.36. The number of ether oxygens (including phenoxy) is 2. The monoisotopic (exact) mass is 478 g/mol. The Balaban J connectivity index is 1.32. The van der Waals surface area contributed by atoms with Crippen molar-refractivity contribution in [2.75, 3.05) is 32.6 Å². The number of piperidine rings is 1. The highest BCUT2D eigenvalue weighted by atomic mass is 32.2. The summed E-state index contributed by atoms with van der Waals surface area (Å²) in [4.78, 5) is 2.56. The van der Waals surface area contributed by atoms with Gasteiger partial charge in [-0.25, -0.2) is 0 Å². The summed E-state index contributed by atoms with van der Waals surface area (Å²) in [7, 11) is 1.71. The molecule has 2 aliphatic heterocycles. The van der Waals surface area contributed by atoms with Crippen LogP contribution < -0.4 is 4.74 Å². The number of hydrogen-bond donors (Lipinski definition) is 0. The summed E-state index contributed by atoms with van der Waals surface area (Å²) < 4.78 is 13.6. The molecule has 2 aromatic carbocycles. The molecule has 0 radical (unpaired) electrons. The van der Waals surface area contributed by atoms with Gasteiger partial charge < -0.3 is 9.47 Å². The van der Waals surface area contributed by atoms with E-state index in [0.717, 1.165) is 80.1 Å². The molecule has 3 aromatic rings. The zero-order chi connectivity index (χ0) is 23.3. The van der Waals surface area contributed by atoms with Crippen molar-refractivity contribution < 1.29 is 9.47 Å². The minimum Gasteiger partial charge on any atom is -0.497 e. The van der Waals surface area contributed by atoms with Crippen LogP contribution in [0.25, 0.3) is 5.69 Å². The Morgan fingerprint density at radius 1 is 1.06 bits per heavy atom. The van der Waals surface area contributed by atoms with Crippen molar-refractivity contribution in [1.29, 1.82) is 0 Å². The van der Waals surface area contributed by atoms with E-state index in [-0.39, 0.29) is 0 Å². The maximum absolute atomic E-state index is 5.84. The molecule has 5 rings (SSSR count). The number of thioether (sulfide) groups is 1. The Bertz CT molecular complexity index is 1070. The lowest BCUT2D eigenvalue weighted by molar-refractivity contribution is 0.129. The maximum Gasteiger partial charge on any atom is 0.195 e. The van der Waals surface area contributed by atoms with Crippen molar-refractivity contribution in [3.63, 3.8) is 0 Å². The number of methoxy groups -OCH3 is 1. The molecule has 0 amide bonds. The molecule has 0 bridgehead atoms. The fraction of sp³-hybridized carbons (Fsp3) is 0.481. The van der Waals surface area contributed by atoms with Crippen LogP contribution >= 0.6 is 11.8 Å². The second-order valence-corrected chi connectivity index (χ2v) is 10.3. The average molecular weight is 479 g/mol. The predicted octanol–water partition coefficient (Wildman–Crippen LogP) is 5.24. The van der Waals surface area contributed by atoms with Crippen molar-refractivity contribution in [1.82, 2.24) is 19.7 Å². The van der Waals surface area contributed by atoms with Gasteiger partial charge in [-0.2, -0.15) is 0 Å². The second kappa shape index (κ2) is 10.9. The summed E-state index contributed by atoms with van der Waals surface area (Å²) >= 11 is 1.75.